The molecule has 0 aliphatic carbocycles. The van der Waals surface area contributed by atoms with Crippen LogP contribution < -0.4 is 64.2 Å². The van der Waals surface area contributed by atoms with E-state index in [2.05, 4.69) is 58.5 Å². The SMILES string of the molecule is CC(=O)N[C@H]1[C@@H](OC[C@H]2O[C@H](O[C@H](C)[C@H](NC(=O)[C@H](C)NC(=O)[C@H](CC(C)C)NC(=O)[C@H](CCC(=O)O)NC(C)=O)C(=O)N[C@H](C(=O)NCC(=O)N3CCC[C@H]3C(=O)NCC(N)=O)[C@@H](C)O[C@H]3O[C@H](CO[C@H]4O[C@H](CO)[C@H](O)[C@H](O)[C@H]4NC(C)=O)[C@H](O)[C@H](O)[C@H]3NC(C)=O)[C@H](NC(C)=O)[C@@H](O)[C@H]2O)O[C@H](CO)[C@H](O)[C@@H]1O. The van der Waals surface area contributed by atoms with E-state index in [1.165, 1.54) is 0 Å². The number of nitrogens with one attached hydrogen (secondary N) is 11. The van der Waals surface area contributed by atoms with Gasteiger partial charge in [0.25, 0.3) is 0 Å². The number of carboxylic acids is 1. The molecule has 5 heterocycles. The van der Waals surface area contributed by atoms with Crippen molar-refractivity contribution in [1.82, 2.24) is 63.4 Å². The maximum absolute atomic E-state index is 15.6. The van der Waals surface area contributed by atoms with Crippen LogP contribution in [0.3, 0.4) is 0 Å². The third-order valence-electron chi connectivity index (χ3n) is 18.4. The van der Waals surface area contributed by atoms with Gasteiger partial charge in [-0.05, 0) is 52.4 Å². The topological polar surface area (TPSA) is 697 Å². The lowest BCUT2D eigenvalue weighted by Gasteiger charge is -2.45. The minimum atomic E-state index is -2.27. The standard InChI is InChI=1S/C65H107N13O33/c1-23(2)16-33(75-57(99)32(70-27(6)81)13-14-41(88)89)58(100)69-24(3)56(98)76-43(26(5)107-65-47(74-31(10)85)55(97)51(93)38(111-65)22-105-63-45(72-29(8)83)53(95)49(91)36(20-80)109-63)61(103)77-42(60(102)68-18-40(87)78-15-11-12-34(78)59(101)67-17-39(66)86)25(4)106-64-46(73-30(9)84)54(96)50(92)37(110-64)21-104-62-44(71-28(7)82)52(94)48(90)35(19-79)108-62/h23-26,32-38,42-55,62-65,79-80,90-97H,11-22H2,1-10H3,(H2,66,86)(H,67,101)(H,68,102)(H,69,100)(H,70,81)(H,71,82)(H,72,83)(H,73,84)(H,74,85)(H,75,99)(H,76,98)(H,77,103)(H,88,89)/t24-,25+,26+,32-,33-,34-,35+,36+,37+,38+,42-,43-,44+,45+,46+,47+,48-,49-,50-,51-,52+,53+,54+,55+,62-,63-,64-,65-/m0/s1. The summed E-state index contributed by atoms with van der Waals surface area (Å²) in [5, 5.41) is 145. The highest BCUT2D eigenvalue weighted by Gasteiger charge is 2.53. The zero-order valence-corrected chi connectivity index (χ0v) is 62.7. The first-order valence-electron chi connectivity index (χ1n) is 35.7. The largest absolute Gasteiger partial charge is 0.481 e. The van der Waals surface area contributed by atoms with Crippen LogP contribution in [0, 0.1) is 5.92 Å². The van der Waals surface area contributed by atoms with Crippen molar-refractivity contribution in [2.75, 3.05) is 46.1 Å². The van der Waals surface area contributed by atoms with Crippen molar-refractivity contribution in [1.29, 1.82) is 0 Å². The van der Waals surface area contributed by atoms with Gasteiger partial charge in [0.05, 0.1) is 51.7 Å². The number of aliphatic carboxylic acids is 1. The fourth-order valence-corrected chi connectivity index (χ4v) is 12.8. The molecule has 630 valence electrons. The van der Waals surface area contributed by atoms with Crippen molar-refractivity contribution in [2.24, 2.45) is 11.7 Å². The van der Waals surface area contributed by atoms with E-state index in [0.717, 1.165) is 60.3 Å². The summed E-state index contributed by atoms with van der Waals surface area (Å²) in [6.07, 6.45) is -34.4. The Kier molecular flexibility index (Phi) is 36.4. The van der Waals surface area contributed by atoms with E-state index >= 15 is 9.59 Å². The lowest BCUT2D eigenvalue weighted by Crippen LogP contribution is -2.68. The number of carboxylic acid groups (broad SMARTS) is 1. The number of hydrogen-bond donors (Lipinski definition) is 23. The van der Waals surface area contributed by atoms with Gasteiger partial charge in [-0.25, -0.2) is 0 Å². The summed E-state index contributed by atoms with van der Waals surface area (Å²) in [4.78, 5) is 187. The highest BCUT2D eigenvalue weighted by Crippen LogP contribution is 2.31. The molecule has 0 spiro atoms. The van der Waals surface area contributed by atoms with Gasteiger partial charge in [0, 0.05) is 47.6 Å². The van der Waals surface area contributed by atoms with Crippen LogP contribution in [-0.2, 0) is 105 Å². The van der Waals surface area contributed by atoms with Gasteiger partial charge in [0.2, 0.25) is 76.8 Å². The summed E-state index contributed by atoms with van der Waals surface area (Å²) >= 11 is 0. The number of primary amides is 1. The minimum Gasteiger partial charge on any atom is -0.481 e. The summed E-state index contributed by atoms with van der Waals surface area (Å²) in [6.45, 7) is 6.54. The first kappa shape index (κ1) is 93.5. The number of nitrogens with zero attached hydrogens (tertiary/aromatic N) is 1. The Balaban J connectivity index is 1.61. The van der Waals surface area contributed by atoms with Crippen LogP contribution in [0.2, 0.25) is 0 Å². The number of rotatable bonds is 38. The smallest absolute Gasteiger partial charge is 0.303 e. The van der Waals surface area contributed by atoms with Crippen LogP contribution >= 0.6 is 0 Å². The molecule has 24 N–H and O–H groups in total. The van der Waals surface area contributed by atoms with E-state index < -0.39 is 306 Å². The molecule has 0 unspecified atom stereocenters. The predicted molar refractivity (Wildman–Crippen MR) is 368 cm³/mol. The molecule has 46 heteroatoms. The van der Waals surface area contributed by atoms with Gasteiger partial charge in [0.15, 0.2) is 25.2 Å². The summed E-state index contributed by atoms with van der Waals surface area (Å²) in [7, 11) is 0. The maximum Gasteiger partial charge on any atom is 0.303 e. The Morgan fingerprint density at radius 2 is 0.874 bits per heavy atom. The Morgan fingerprint density at radius 1 is 0.468 bits per heavy atom. The van der Waals surface area contributed by atoms with Crippen LogP contribution in [0.1, 0.15) is 101 Å². The van der Waals surface area contributed by atoms with Crippen LogP contribution in [0.25, 0.3) is 0 Å². The first-order chi connectivity index (χ1) is 52.0. The molecular weight excluding hydrogens is 1490 g/mol. The number of hydrogen-bond acceptors (Lipinski definition) is 32. The second kappa shape index (κ2) is 43.2. The van der Waals surface area contributed by atoms with Gasteiger partial charge in [0.1, 0.15) is 134 Å². The second-order valence-electron chi connectivity index (χ2n) is 27.9. The average molecular weight is 1600 g/mol. The van der Waals surface area contributed by atoms with Gasteiger partial charge < -0.3 is 163 Å². The molecule has 0 aromatic heterocycles. The van der Waals surface area contributed by atoms with E-state index in [4.69, 9.17) is 43.6 Å². The molecule has 0 aromatic carbocycles. The molecule has 13 amide bonds. The zero-order valence-electron chi connectivity index (χ0n) is 62.7. The number of likely N-dealkylation sites (tertiary alicyclic amines) is 1. The molecule has 5 fully saturated rings. The molecular formula is C65H107N13O33. The molecule has 0 aromatic rings. The third kappa shape index (κ3) is 26.8. The van der Waals surface area contributed by atoms with Crippen molar-refractivity contribution in [3.8, 4) is 0 Å². The van der Waals surface area contributed by atoms with E-state index in [1.807, 2.05) is 0 Å². The molecule has 5 rings (SSSR count). The van der Waals surface area contributed by atoms with Crippen molar-refractivity contribution >= 4 is 82.8 Å². The molecule has 5 aliphatic rings. The lowest BCUT2D eigenvalue weighted by atomic mass is 9.95. The molecule has 5 aliphatic heterocycles. The number of aliphatic hydroxyl groups excluding tert-OH is 10. The lowest BCUT2D eigenvalue weighted by molar-refractivity contribution is -0.309. The maximum atomic E-state index is 15.6. The minimum absolute atomic E-state index is 0.0543. The van der Waals surface area contributed by atoms with Gasteiger partial charge in [-0.1, -0.05) is 13.8 Å². The average Bonchev–Trinajstić information content (AvgIpc) is 1.44. The monoisotopic (exact) mass is 1600 g/mol. The molecule has 0 saturated carbocycles. The molecule has 0 radical (unpaired) electrons. The fourth-order valence-electron chi connectivity index (χ4n) is 12.8. The third-order valence-corrected chi connectivity index (χ3v) is 18.4. The summed E-state index contributed by atoms with van der Waals surface area (Å²) in [6, 6.07) is -17.2. The van der Waals surface area contributed by atoms with Gasteiger partial charge >= 0.3 is 5.97 Å². The van der Waals surface area contributed by atoms with Gasteiger partial charge in [-0.2, -0.15) is 0 Å². The van der Waals surface area contributed by atoms with Gasteiger partial charge in [-0.15, -0.1) is 0 Å². The second-order valence-corrected chi connectivity index (χ2v) is 27.9. The summed E-state index contributed by atoms with van der Waals surface area (Å²) < 4.78 is 47.7. The molecule has 28 atom stereocenters. The predicted octanol–water partition coefficient (Wildman–Crippen LogP) is -13.3. The summed E-state index contributed by atoms with van der Waals surface area (Å²) in [5.74, 6) is -14.5. The van der Waals surface area contributed by atoms with E-state index in [9.17, 15) is 114 Å². The number of carbonyl (C=O) groups excluding carboxylic acids is 13. The Labute approximate surface area is 635 Å². The van der Waals surface area contributed by atoms with Crippen LogP contribution in [0.15, 0.2) is 0 Å². The first-order valence-corrected chi connectivity index (χ1v) is 35.7. The van der Waals surface area contributed by atoms with Crippen molar-refractivity contribution < 1.29 is 161 Å². The van der Waals surface area contributed by atoms with Crippen molar-refractivity contribution in [3.05, 3.63) is 0 Å². The van der Waals surface area contributed by atoms with E-state index in [-0.39, 0.29) is 31.7 Å². The normalized spacial score (nSPS) is 31.2. The highest BCUT2D eigenvalue weighted by molar-refractivity contribution is 5.98. The number of aliphatic hydroxyl groups is 10. The molecule has 46 nitrogen and oxygen atoms in total. The molecule has 0 bridgehead atoms. The fraction of sp³-hybridized carbons (Fsp3) is 0.785. The number of nitrogens with two attached hydrogens (primary N) is 1. The molecule has 111 heavy (non-hydrogen) atoms. The Morgan fingerprint density at radius 3 is 1.28 bits per heavy atom. The van der Waals surface area contributed by atoms with E-state index in [0.29, 0.717) is 0 Å². The summed E-state index contributed by atoms with van der Waals surface area (Å²) in [5.41, 5.74) is 5.22. The van der Waals surface area contributed by atoms with E-state index in [1.54, 1.807) is 13.8 Å². The number of ether oxygens (including phenoxy) is 8. The highest BCUT2D eigenvalue weighted by atomic mass is 16.7. The quantitative estimate of drug-likeness (QED) is 0.0273. The number of amides is 13. The van der Waals surface area contributed by atoms with Crippen LogP contribution in [-0.4, -0.2) is 361 Å². The van der Waals surface area contributed by atoms with Gasteiger partial charge in [-0.3, -0.25) is 67.1 Å². The van der Waals surface area contributed by atoms with Crippen molar-refractivity contribution in [2.45, 2.75) is 272 Å². The molecule has 5 saturated heterocycles. The number of carbonyl (C=O) groups is 14. The van der Waals surface area contributed by atoms with Crippen LogP contribution in [0.4, 0.5) is 0 Å². The zero-order chi connectivity index (χ0) is 83.3. The van der Waals surface area contributed by atoms with Crippen molar-refractivity contribution in [3.63, 3.8) is 0 Å². The Bertz CT molecular complexity index is 3240. The van der Waals surface area contributed by atoms with Crippen LogP contribution in [0.5, 0.6) is 0 Å². The Hall–Kier alpha value is -8.14.